The van der Waals surface area contributed by atoms with Crippen molar-refractivity contribution < 1.29 is 19.0 Å². The smallest absolute Gasteiger partial charge is 0.338 e. The fourth-order valence-electron chi connectivity index (χ4n) is 5.32. The number of hydrogen-bond donors (Lipinski definition) is 0. The summed E-state index contributed by atoms with van der Waals surface area (Å²) in [7, 11) is 1.58. The molecule has 0 radical (unpaired) electrons. The molecule has 210 valence electrons. The van der Waals surface area contributed by atoms with E-state index in [9.17, 15) is 9.59 Å². The Kier molecular flexibility index (Phi) is 8.40. The van der Waals surface area contributed by atoms with Crippen LogP contribution in [0, 0.1) is 0 Å². The van der Waals surface area contributed by atoms with Crippen LogP contribution in [0.5, 0.6) is 11.5 Å². The van der Waals surface area contributed by atoms with Gasteiger partial charge in [0.25, 0.3) is 5.56 Å². The number of anilines is 1. The topological polar surface area (TPSA) is 82.4 Å². The number of aromatic nitrogens is 1. The van der Waals surface area contributed by atoms with Gasteiger partial charge in [-0.05, 0) is 81.5 Å². The normalized spacial score (nSPS) is 17.4. The molecule has 1 aromatic heterocycles. The molecule has 0 bridgehead atoms. The zero-order valence-corrected chi connectivity index (χ0v) is 24.3. The second-order valence-corrected chi connectivity index (χ2v) is 10.8. The van der Waals surface area contributed by atoms with Gasteiger partial charge in [0.15, 0.2) is 16.3 Å². The molecule has 3 heterocycles. The number of benzene rings is 2. The van der Waals surface area contributed by atoms with Crippen molar-refractivity contribution >= 4 is 29.1 Å². The quantitative estimate of drug-likeness (QED) is 0.384. The van der Waals surface area contributed by atoms with Gasteiger partial charge in [-0.1, -0.05) is 29.5 Å². The minimum Gasteiger partial charge on any atom is -0.493 e. The number of rotatable bonds is 8. The molecule has 2 aliphatic rings. The number of ether oxygens (including phenoxy) is 3. The van der Waals surface area contributed by atoms with E-state index < -0.39 is 12.0 Å². The molecule has 0 spiro atoms. The monoisotopic (exact) mass is 561 g/mol. The zero-order valence-electron chi connectivity index (χ0n) is 23.4. The molecule has 1 atom stereocenters. The summed E-state index contributed by atoms with van der Waals surface area (Å²) < 4.78 is 18.8. The van der Waals surface area contributed by atoms with E-state index >= 15 is 0 Å². The van der Waals surface area contributed by atoms with Crippen molar-refractivity contribution in [1.82, 2.24) is 4.57 Å². The lowest BCUT2D eigenvalue weighted by Crippen LogP contribution is -2.40. The number of nitrogens with zero attached hydrogens (tertiary/aromatic N) is 3. The predicted molar refractivity (Wildman–Crippen MR) is 157 cm³/mol. The van der Waals surface area contributed by atoms with Crippen molar-refractivity contribution in [2.24, 2.45) is 4.99 Å². The summed E-state index contributed by atoms with van der Waals surface area (Å²) in [4.78, 5) is 34.7. The van der Waals surface area contributed by atoms with Crippen molar-refractivity contribution in [1.29, 1.82) is 0 Å². The number of thiazole rings is 1. The van der Waals surface area contributed by atoms with Gasteiger partial charge in [0.05, 0.1) is 42.2 Å². The van der Waals surface area contributed by atoms with Crippen LogP contribution in [-0.2, 0) is 9.53 Å². The van der Waals surface area contributed by atoms with Crippen LogP contribution in [0.25, 0.3) is 6.08 Å². The highest BCUT2D eigenvalue weighted by molar-refractivity contribution is 7.07. The number of methoxy groups -OCH3 is 1. The Balaban J connectivity index is 1.61. The van der Waals surface area contributed by atoms with Gasteiger partial charge in [-0.2, -0.15) is 0 Å². The van der Waals surface area contributed by atoms with Crippen LogP contribution in [0.1, 0.15) is 57.2 Å². The molecular weight excluding hydrogens is 526 g/mol. The highest BCUT2D eigenvalue weighted by Crippen LogP contribution is 2.36. The fourth-order valence-corrected chi connectivity index (χ4v) is 6.37. The Morgan fingerprint density at radius 3 is 2.48 bits per heavy atom. The van der Waals surface area contributed by atoms with E-state index in [0.29, 0.717) is 44.3 Å². The number of fused-ring (bicyclic) bond motifs is 1. The molecule has 1 fully saturated rings. The van der Waals surface area contributed by atoms with Crippen LogP contribution in [-0.4, -0.2) is 43.9 Å². The first kappa shape index (κ1) is 27.7. The number of allylic oxidation sites excluding steroid dienone is 1. The van der Waals surface area contributed by atoms with Crippen molar-refractivity contribution in [2.75, 3.05) is 38.3 Å². The summed E-state index contributed by atoms with van der Waals surface area (Å²) in [5.41, 5.74) is 3.50. The summed E-state index contributed by atoms with van der Waals surface area (Å²) in [6.45, 7) is 8.25. The highest BCUT2D eigenvalue weighted by atomic mass is 32.1. The number of piperidine rings is 1. The molecule has 2 aromatic carbocycles. The standard InChI is InChI=1S/C31H35N3O5S/c1-5-38-25-19-22(12-15-24(25)37-4)28-27(30(36)39-6-2)20(3)32-31-34(28)29(35)26(40-31)18-21-10-13-23(14-11-21)33-16-8-7-9-17-33/h10-15,18-19,28H,5-9,16-17H2,1-4H3/b26-18+/t28-/m0/s1. The minimum atomic E-state index is -0.718. The molecule has 9 heteroatoms. The van der Waals surface area contributed by atoms with Gasteiger partial charge < -0.3 is 19.1 Å². The molecule has 3 aromatic rings. The molecule has 0 aliphatic carbocycles. The maximum absolute atomic E-state index is 13.9. The van der Waals surface area contributed by atoms with Crippen LogP contribution in [0.4, 0.5) is 5.69 Å². The molecule has 5 rings (SSSR count). The summed E-state index contributed by atoms with van der Waals surface area (Å²) in [5.74, 6) is 0.616. The Morgan fingerprint density at radius 1 is 1.05 bits per heavy atom. The maximum Gasteiger partial charge on any atom is 0.338 e. The molecular formula is C31H35N3O5S. The number of hydrogen-bond acceptors (Lipinski definition) is 8. The van der Waals surface area contributed by atoms with Crippen LogP contribution in [0.2, 0.25) is 0 Å². The average Bonchev–Trinajstić information content (AvgIpc) is 3.27. The van der Waals surface area contributed by atoms with E-state index in [0.717, 1.165) is 18.7 Å². The third-order valence-corrected chi connectivity index (χ3v) is 8.22. The summed E-state index contributed by atoms with van der Waals surface area (Å²) in [5, 5.41) is 0. The Morgan fingerprint density at radius 2 is 1.80 bits per heavy atom. The molecule has 1 saturated heterocycles. The number of carbonyl (C=O) groups is 1. The lowest BCUT2D eigenvalue weighted by molar-refractivity contribution is -0.139. The minimum absolute atomic E-state index is 0.211. The summed E-state index contributed by atoms with van der Waals surface area (Å²) in [6.07, 6.45) is 5.62. The third-order valence-electron chi connectivity index (χ3n) is 7.23. The van der Waals surface area contributed by atoms with Crippen molar-refractivity contribution in [2.45, 2.75) is 46.1 Å². The second kappa shape index (κ2) is 12.1. The third kappa shape index (κ3) is 5.43. The lowest BCUT2D eigenvalue weighted by Gasteiger charge is -2.28. The average molecular weight is 562 g/mol. The first-order valence-electron chi connectivity index (χ1n) is 13.8. The Bertz CT molecular complexity index is 1600. The molecule has 0 N–H and O–H groups in total. The maximum atomic E-state index is 13.9. The van der Waals surface area contributed by atoms with E-state index in [2.05, 4.69) is 22.0 Å². The first-order chi connectivity index (χ1) is 19.4. The van der Waals surface area contributed by atoms with Crippen molar-refractivity contribution in [3.8, 4) is 11.5 Å². The van der Waals surface area contributed by atoms with Crippen LogP contribution in [0.3, 0.4) is 0 Å². The Hall–Kier alpha value is -3.85. The van der Waals surface area contributed by atoms with Gasteiger partial charge in [-0.3, -0.25) is 9.36 Å². The van der Waals surface area contributed by atoms with Crippen LogP contribution in [0.15, 0.2) is 63.5 Å². The van der Waals surface area contributed by atoms with Crippen LogP contribution < -0.4 is 29.3 Å². The predicted octanol–water partition coefficient (Wildman–Crippen LogP) is 4.20. The Labute approximate surface area is 237 Å². The number of carbonyl (C=O) groups excluding carboxylic acids is 1. The van der Waals surface area contributed by atoms with Gasteiger partial charge in [0.2, 0.25) is 0 Å². The van der Waals surface area contributed by atoms with Crippen molar-refractivity contribution in [3.63, 3.8) is 0 Å². The van der Waals surface area contributed by atoms with Gasteiger partial charge >= 0.3 is 5.97 Å². The van der Waals surface area contributed by atoms with E-state index in [1.165, 1.54) is 36.3 Å². The molecule has 2 aliphatic heterocycles. The molecule has 0 unspecified atom stereocenters. The lowest BCUT2D eigenvalue weighted by atomic mass is 9.95. The van der Waals surface area contributed by atoms with E-state index in [4.69, 9.17) is 14.2 Å². The van der Waals surface area contributed by atoms with Crippen LogP contribution >= 0.6 is 11.3 Å². The SMILES string of the molecule is CCOC(=O)C1=C(C)N=c2s/c(=C/c3ccc(N4CCCCC4)cc3)c(=O)n2[C@H]1c1ccc(OC)c(OCC)c1. The molecule has 0 amide bonds. The first-order valence-corrected chi connectivity index (χ1v) is 14.6. The zero-order chi connectivity index (χ0) is 28.2. The van der Waals surface area contributed by atoms with Crippen molar-refractivity contribution in [3.05, 3.63) is 84.5 Å². The fraction of sp³-hybridized carbons (Fsp3) is 0.387. The van der Waals surface area contributed by atoms with Gasteiger partial charge in [-0.25, -0.2) is 9.79 Å². The number of esters is 1. The second-order valence-electron chi connectivity index (χ2n) is 9.78. The largest absolute Gasteiger partial charge is 0.493 e. The summed E-state index contributed by atoms with van der Waals surface area (Å²) in [6, 6.07) is 13.1. The van der Waals surface area contributed by atoms with Gasteiger partial charge in [0.1, 0.15) is 0 Å². The van der Waals surface area contributed by atoms with E-state index in [1.807, 2.05) is 37.3 Å². The summed E-state index contributed by atoms with van der Waals surface area (Å²) >= 11 is 1.32. The molecule has 8 nitrogen and oxygen atoms in total. The molecule has 0 saturated carbocycles. The van der Waals surface area contributed by atoms with Gasteiger partial charge in [0, 0.05) is 18.8 Å². The molecule has 40 heavy (non-hydrogen) atoms. The van der Waals surface area contributed by atoms with E-state index in [1.54, 1.807) is 31.6 Å². The highest BCUT2D eigenvalue weighted by Gasteiger charge is 2.34. The van der Waals surface area contributed by atoms with Gasteiger partial charge in [-0.15, -0.1) is 0 Å². The van der Waals surface area contributed by atoms with E-state index in [-0.39, 0.29) is 12.2 Å².